The Balaban J connectivity index is 1.47. The fourth-order valence-electron chi connectivity index (χ4n) is 3.33. The predicted octanol–water partition coefficient (Wildman–Crippen LogP) is 4.62. The number of hydrogen-bond acceptors (Lipinski definition) is 6. The highest BCUT2D eigenvalue weighted by Crippen LogP contribution is 2.30. The third-order valence-electron chi connectivity index (χ3n) is 5.06. The molecule has 0 saturated heterocycles. The number of nitrogens with one attached hydrogen (secondary N) is 2. The summed E-state index contributed by atoms with van der Waals surface area (Å²) in [5.74, 6) is 1.70. The number of carbonyl (C=O) groups excluding carboxylic acids is 1. The summed E-state index contributed by atoms with van der Waals surface area (Å²) in [6, 6.07) is 8.43. The summed E-state index contributed by atoms with van der Waals surface area (Å²) in [5.41, 5.74) is 2.19. The van der Waals surface area contributed by atoms with E-state index in [1.54, 1.807) is 0 Å². The maximum absolute atomic E-state index is 12.3. The molecule has 0 unspecified atom stereocenters. The maximum atomic E-state index is 12.3. The molecule has 7 heteroatoms. The second kappa shape index (κ2) is 8.86. The van der Waals surface area contributed by atoms with E-state index in [0.717, 1.165) is 21.6 Å². The second-order valence-electron chi connectivity index (χ2n) is 7.10. The Morgan fingerprint density at radius 1 is 1.31 bits per heavy atom. The molecule has 2 N–H and O–H groups in total. The van der Waals surface area contributed by atoms with Crippen LogP contribution in [0.3, 0.4) is 0 Å². The van der Waals surface area contributed by atoms with Crippen molar-refractivity contribution in [3.05, 3.63) is 29.8 Å². The number of carbonyl (C=O) groups is 1. The highest BCUT2D eigenvalue weighted by molar-refractivity contribution is 8.01. The lowest BCUT2D eigenvalue weighted by Gasteiger charge is -2.34. The van der Waals surface area contributed by atoms with Crippen LogP contribution in [0.25, 0.3) is 0 Å². The SMILES string of the molecule is Cc1cccc(Nc2nnc(SCC(=O)N[C@H]3CCC[C@@H](C)[C@@H]3C)s2)c1. The molecule has 1 amide bonds. The molecule has 1 aliphatic carbocycles. The van der Waals surface area contributed by atoms with Gasteiger partial charge in [0.2, 0.25) is 11.0 Å². The number of benzene rings is 1. The average molecular weight is 391 g/mol. The van der Waals surface area contributed by atoms with Crippen LogP contribution < -0.4 is 10.6 Å². The van der Waals surface area contributed by atoms with E-state index in [2.05, 4.69) is 53.7 Å². The third-order valence-corrected chi connectivity index (χ3v) is 7.03. The smallest absolute Gasteiger partial charge is 0.230 e. The van der Waals surface area contributed by atoms with Gasteiger partial charge >= 0.3 is 0 Å². The van der Waals surface area contributed by atoms with Gasteiger partial charge in [-0.1, -0.05) is 61.9 Å². The Hall–Kier alpha value is -1.60. The zero-order valence-corrected chi connectivity index (χ0v) is 17.1. The number of aryl methyl sites for hydroxylation is 1. The highest BCUT2D eigenvalue weighted by Gasteiger charge is 2.28. The molecular formula is C19H26N4OS2. The first kappa shape index (κ1) is 19.2. The Morgan fingerprint density at radius 2 is 2.15 bits per heavy atom. The molecule has 2 aromatic rings. The van der Waals surface area contributed by atoms with Crippen molar-refractivity contribution in [1.82, 2.24) is 15.5 Å². The molecule has 0 bridgehead atoms. The maximum Gasteiger partial charge on any atom is 0.230 e. The first-order chi connectivity index (χ1) is 12.5. The van der Waals surface area contributed by atoms with Gasteiger partial charge in [0, 0.05) is 11.7 Å². The number of nitrogens with zero attached hydrogens (tertiary/aromatic N) is 2. The van der Waals surface area contributed by atoms with Gasteiger partial charge in [-0.15, -0.1) is 10.2 Å². The van der Waals surface area contributed by atoms with Gasteiger partial charge < -0.3 is 10.6 Å². The first-order valence-electron chi connectivity index (χ1n) is 9.10. The summed E-state index contributed by atoms with van der Waals surface area (Å²) in [4.78, 5) is 12.3. The summed E-state index contributed by atoms with van der Waals surface area (Å²) in [5, 5.41) is 15.5. The quantitative estimate of drug-likeness (QED) is 0.704. The summed E-state index contributed by atoms with van der Waals surface area (Å²) in [7, 11) is 0. The summed E-state index contributed by atoms with van der Waals surface area (Å²) in [6.45, 7) is 6.58. The molecule has 0 aliphatic heterocycles. The van der Waals surface area contributed by atoms with Crippen molar-refractivity contribution in [3.8, 4) is 0 Å². The Kier molecular flexibility index (Phi) is 6.53. The van der Waals surface area contributed by atoms with Gasteiger partial charge in [0.05, 0.1) is 5.75 Å². The fourth-order valence-corrected chi connectivity index (χ4v) is 4.91. The van der Waals surface area contributed by atoms with Gasteiger partial charge in [-0.3, -0.25) is 4.79 Å². The number of amides is 1. The van der Waals surface area contributed by atoms with Crippen LogP contribution in [0.15, 0.2) is 28.6 Å². The molecule has 1 aliphatic rings. The molecule has 1 aromatic carbocycles. The number of thioether (sulfide) groups is 1. The standard InChI is InChI=1S/C19H26N4OS2/c1-12-6-4-8-15(10-12)20-18-22-23-19(26-18)25-11-17(24)21-16-9-5-7-13(2)14(16)3/h4,6,8,10,13-14,16H,5,7,9,11H2,1-3H3,(H,20,22)(H,21,24)/t13-,14+,16+/m1/s1. The number of aromatic nitrogens is 2. The number of rotatable bonds is 6. The van der Waals surface area contributed by atoms with Crippen LogP contribution >= 0.6 is 23.1 Å². The monoisotopic (exact) mass is 390 g/mol. The van der Waals surface area contributed by atoms with E-state index < -0.39 is 0 Å². The van der Waals surface area contributed by atoms with E-state index in [0.29, 0.717) is 23.6 Å². The van der Waals surface area contributed by atoms with Crippen LogP contribution in [0.4, 0.5) is 10.8 Å². The van der Waals surface area contributed by atoms with Crippen LogP contribution in [0.2, 0.25) is 0 Å². The van der Waals surface area contributed by atoms with Gasteiger partial charge in [-0.2, -0.15) is 0 Å². The van der Waals surface area contributed by atoms with E-state index in [4.69, 9.17) is 0 Å². The van der Waals surface area contributed by atoms with Crippen LogP contribution in [0.5, 0.6) is 0 Å². The van der Waals surface area contributed by atoms with Gasteiger partial charge in [0.25, 0.3) is 0 Å². The number of anilines is 2. The van der Waals surface area contributed by atoms with Crippen molar-refractivity contribution in [1.29, 1.82) is 0 Å². The van der Waals surface area contributed by atoms with E-state index in [-0.39, 0.29) is 5.91 Å². The molecule has 0 spiro atoms. The second-order valence-corrected chi connectivity index (χ2v) is 9.30. The first-order valence-corrected chi connectivity index (χ1v) is 10.9. The van der Waals surface area contributed by atoms with Crippen molar-refractivity contribution in [3.63, 3.8) is 0 Å². The van der Waals surface area contributed by atoms with E-state index in [1.165, 1.54) is 41.5 Å². The largest absolute Gasteiger partial charge is 0.352 e. The molecule has 1 fully saturated rings. The molecular weight excluding hydrogens is 364 g/mol. The zero-order chi connectivity index (χ0) is 18.5. The van der Waals surface area contributed by atoms with E-state index in [1.807, 2.05) is 12.1 Å². The van der Waals surface area contributed by atoms with Crippen molar-refractivity contribution in [2.24, 2.45) is 11.8 Å². The van der Waals surface area contributed by atoms with E-state index >= 15 is 0 Å². The van der Waals surface area contributed by atoms with Crippen molar-refractivity contribution < 1.29 is 4.79 Å². The minimum atomic E-state index is 0.0874. The zero-order valence-electron chi connectivity index (χ0n) is 15.5. The Morgan fingerprint density at radius 3 is 2.96 bits per heavy atom. The summed E-state index contributed by atoms with van der Waals surface area (Å²) in [6.07, 6.45) is 3.56. The molecule has 1 heterocycles. The van der Waals surface area contributed by atoms with Crippen LogP contribution in [-0.4, -0.2) is 27.9 Å². The van der Waals surface area contributed by atoms with Crippen molar-refractivity contribution in [2.45, 2.75) is 50.4 Å². The molecule has 5 nitrogen and oxygen atoms in total. The molecule has 140 valence electrons. The van der Waals surface area contributed by atoms with Crippen molar-refractivity contribution >= 4 is 39.8 Å². The molecule has 3 rings (SSSR count). The minimum absolute atomic E-state index is 0.0874. The van der Waals surface area contributed by atoms with Gasteiger partial charge in [-0.05, 0) is 42.9 Å². The Labute approximate surface area is 163 Å². The predicted molar refractivity (Wildman–Crippen MR) is 109 cm³/mol. The van der Waals surface area contributed by atoms with Crippen LogP contribution in [0.1, 0.15) is 38.7 Å². The van der Waals surface area contributed by atoms with Crippen LogP contribution in [0, 0.1) is 18.8 Å². The Bertz CT molecular complexity index is 749. The fraction of sp³-hybridized carbons (Fsp3) is 0.526. The van der Waals surface area contributed by atoms with Gasteiger partial charge in [-0.25, -0.2) is 0 Å². The highest BCUT2D eigenvalue weighted by atomic mass is 32.2. The van der Waals surface area contributed by atoms with Gasteiger partial charge in [0.15, 0.2) is 4.34 Å². The number of hydrogen-bond donors (Lipinski definition) is 2. The molecule has 0 radical (unpaired) electrons. The molecule has 3 atom stereocenters. The minimum Gasteiger partial charge on any atom is -0.352 e. The summed E-state index contributed by atoms with van der Waals surface area (Å²) < 4.78 is 0.806. The van der Waals surface area contributed by atoms with E-state index in [9.17, 15) is 4.79 Å². The molecule has 26 heavy (non-hydrogen) atoms. The van der Waals surface area contributed by atoms with Gasteiger partial charge in [0.1, 0.15) is 0 Å². The lowest BCUT2D eigenvalue weighted by Crippen LogP contribution is -2.44. The third kappa shape index (κ3) is 5.20. The lowest BCUT2D eigenvalue weighted by molar-refractivity contribution is -0.119. The van der Waals surface area contributed by atoms with Crippen LogP contribution in [-0.2, 0) is 4.79 Å². The normalized spacial score (nSPS) is 22.8. The average Bonchev–Trinajstić information content (AvgIpc) is 3.05. The topological polar surface area (TPSA) is 66.9 Å². The summed E-state index contributed by atoms with van der Waals surface area (Å²) >= 11 is 2.92. The molecule has 1 saturated carbocycles. The lowest BCUT2D eigenvalue weighted by atomic mass is 9.78. The molecule has 1 aromatic heterocycles. The van der Waals surface area contributed by atoms with Crippen molar-refractivity contribution in [2.75, 3.05) is 11.1 Å².